The number of carbonyl (C=O) groups excluding carboxylic acids is 1. The number of carbonyl (C=O) groups is 2. The molecule has 0 radical (unpaired) electrons. The zero-order valence-corrected chi connectivity index (χ0v) is 13.9. The van der Waals surface area contributed by atoms with Crippen LogP contribution in [0.2, 0.25) is 0 Å². The lowest BCUT2D eigenvalue weighted by atomic mass is 9.94. The molecule has 1 aliphatic heterocycles. The molecular formula is C17H21NO4S. The highest BCUT2D eigenvalue weighted by Gasteiger charge is 2.56. The second-order valence-corrected chi connectivity index (χ2v) is 7.73. The molecule has 1 N–H and O–H groups in total. The number of carboxylic acids is 1. The van der Waals surface area contributed by atoms with Gasteiger partial charge in [0.1, 0.15) is 6.61 Å². The zero-order valence-electron chi connectivity index (χ0n) is 13.1. The lowest BCUT2D eigenvalue weighted by Crippen LogP contribution is -2.58. The van der Waals surface area contributed by atoms with Crippen molar-refractivity contribution in [2.75, 3.05) is 5.75 Å². The van der Waals surface area contributed by atoms with E-state index in [4.69, 9.17) is 4.74 Å². The average Bonchev–Trinajstić information content (AvgIpc) is 3.28. The van der Waals surface area contributed by atoms with Gasteiger partial charge in [0.2, 0.25) is 0 Å². The van der Waals surface area contributed by atoms with E-state index in [1.54, 1.807) is 11.8 Å². The highest BCUT2D eigenvalue weighted by atomic mass is 32.2. The number of hydrogen-bond donors (Lipinski definition) is 1. The first-order valence-electron chi connectivity index (χ1n) is 7.88. The number of carboxylic acid groups (broad SMARTS) is 1. The van der Waals surface area contributed by atoms with Gasteiger partial charge in [-0.05, 0) is 24.8 Å². The van der Waals surface area contributed by atoms with Crippen molar-refractivity contribution in [1.29, 1.82) is 0 Å². The summed E-state index contributed by atoms with van der Waals surface area (Å²) in [5.74, 6) is -0.488. The molecule has 1 saturated carbocycles. The Bertz CT molecular complexity index is 590. The third-order valence-electron chi connectivity index (χ3n) is 4.40. The molecule has 0 spiro atoms. The van der Waals surface area contributed by atoms with Gasteiger partial charge in [-0.1, -0.05) is 37.3 Å². The number of amides is 1. The molecule has 6 heteroatoms. The molecule has 2 unspecified atom stereocenters. The summed E-state index contributed by atoms with van der Waals surface area (Å²) in [6.45, 7) is 2.18. The fourth-order valence-electron chi connectivity index (χ4n) is 3.09. The summed E-state index contributed by atoms with van der Waals surface area (Å²) < 4.78 is 5.43. The summed E-state index contributed by atoms with van der Waals surface area (Å²) in [5, 5.41) is 10.0. The van der Waals surface area contributed by atoms with E-state index in [0.717, 1.165) is 18.4 Å². The summed E-state index contributed by atoms with van der Waals surface area (Å²) in [6.07, 6.45) is 1.68. The van der Waals surface area contributed by atoms with Crippen molar-refractivity contribution in [3.63, 3.8) is 0 Å². The largest absolute Gasteiger partial charge is 0.479 e. The molecule has 2 fully saturated rings. The van der Waals surface area contributed by atoms with Crippen molar-refractivity contribution in [1.82, 2.24) is 4.90 Å². The summed E-state index contributed by atoms with van der Waals surface area (Å²) >= 11 is 1.61. The highest BCUT2D eigenvalue weighted by molar-refractivity contribution is 8.00. The van der Waals surface area contributed by atoms with Crippen molar-refractivity contribution in [3.8, 4) is 0 Å². The first-order chi connectivity index (χ1) is 11.0. The van der Waals surface area contributed by atoms with Gasteiger partial charge in [-0.3, -0.25) is 4.90 Å². The van der Waals surface area contributed by atoms with Crippen LogP contribution in [0.25, 0.3) is 0 Å². The summed E-state index contributed by atoms with van der Waals surface area (Å²) in [6, 6.07) is 9.44. The van der Waals surface area contributed by atoms with Crippen LogP contribution in [-0.2, 0) is 16.1 Å². The van der Waals surface area contributed by atoms with Gasteiger partial charge in [0, 0.05) is 17.0 Å². The fourth-order valence-corrected chi connectivity index (χ4v) is 4.42. The quantitative estimate of drug-likeness (QED) is 0.895. The molecule has 2 aliphatic rings. The number of ether oxygens (including phenoxy) is 1. The van der Waals surface area contributed by atoms with Gasteiger partial charge in [0.05, 0.1) is 0 Å². The normalized spacial score (nSPS) is 26.7. The van der Waals surface area contributed by atoms with Crippen molar-refractivity contribution in [2.24, 2.45) is 0 Å². The van der Waals surface area contributed by atoms with E-state index >= 15 is 0 Å². The lowest BCUT2D eigenvalue weighted by Gasteiger charge is -2.36. The smallest absolute Gasteiger partial charge is 0.411 e. The molecule has 0 aromatic heterocycles. The van der Waals surface area contributed by atoms with Crippen molar-refractivity contribution < 1.29 is 19.4 Å². The van der Waals surface area contributed by atoms with Crippen LogP contribution in [0.4, 0.5) is 4.79 Å². The van der Waals surface area contributed by atoms with Crippen LogP contribution >= 0.6 is 11.8 Å². The van der Waals surface area contributed by atoms with Gasteiger partial charge in [-0.25, -0.2) is 9.59 Å². The molecule has 1 amide bonds. The minimum atomic E-state index is -1.13. The Kier molecular flexibility index (Phi) is 4.53. The van der Waals surface area contributed by atoms with Crippen LogP contribution in [0.5, 0.6) is 0 Å². The van der Waals surface area contributed by atoms with E-state index in [1.807, 2.05) is 37.3 Å². The molecule has 1 aliphatic carbocycles. The van der Waals surface area contributed by atoms with Crippen LogP contribution in [-0.4, -0.2) is 44.7 Å². The number of aliphatic carboxylic acids is 1. The average molecular weight is 335 g/mol. The Balaban J connectivity index is 1.75. The minimum absolute atomic E-state index is 0.000253. The number of benzene rings is 1. The standard InChI is InChI=1S/C17H21NO4S/c1-12-9-17(11-23-12,15(19)20)18(14-7-8-14)16(21)22-10-13-5-3-2-4-6-13/h2-6,12,14H,7-11H2,1H3,(H,19,20). The SMILES string of the molecule is CC1CC(C(=O)O)(N(C(=O)OCc2ccccc2)C2CC2)CS1. The molecular weight excluding hydrogens is 314 g/mol. The highest BCUT2D eigenvalue weighted by Crippen LogP contribution is 2.44. The third kappa shape index (κ3) is 3.32. The maximum absolute atomic E-state index is 12.6. The van der Waals surface area contributed by atoms with Gasteiger partial charge in [-0.2, -0.15) is 11.8 Å². The summed E-state index contributed by atoms with van der Waals surface area (Å²) in [7, 11) is 0. The molecule has 3 rings (SSSR count). The lowest BCUT2D eigenvalue weighted by molar-refractivity contribution is -0.149. The Hall–Kier alpha value is -1.69. The Morgan fingerprint density at radius 2 is 2.04 bits per heavy atom. The molecule has 2 atom stereocenters. The molecule has 124 valence electrons. The van der Waals surface area contributed by atoms with E-state index in [9.17, 15) is 14.7 Å². The molecule has 5 nitrogen and oxygen atoms in total. The summed E-state index contributed by atoms with van der Waals surface area (Å²) in [4.78, 5) is 26.1. The molecule has 23 heavy (non-hydrogen) atoms. The molecule has 0 bridgehead atoms. The third-order valence-corrected chi connectivity index (χ3v) is 5.78. The van der Waals surface area contributed by atoms with Crippen LogP contribution in [0.1, 0.15) is 31.7 Å². The number of nitrogens with zero attached hydrogens (tertiary/aromatic N) is 1. The van der Waals surface area contributed by atoms with Crippen LogP contribution in [0.3, 0.4) is 0 Å². The minimum Gasteiger partial charge on any atom is -0.479 e. The molecule has 1 aromatic rings. The first kappa shape index (κ1) is 16.2. The van der Waals surface area contributed by atoms with Crippen molar-refractivity contribution in [2.45, 2.75) is 49.6 Å². The van der Waals surface area contributed by atoms with Gasteiger partial charge in [-0.15, -0.1) is 0 Å². The Morgan fingerprint density at radius 3 is 2.57 bits per heavy atom. The van der Waals surface area contributed by atoms with E-state index in [1.165, 1.54) is 4.90 Å². The van der Waals surface area contributed by atoms with E-state index in [0.29, 0.717) is 12.2 Å². The monoisotopic (exact) mass is 335 g/mol. The number of thioether (sulfide) groups is 1. The van der Waals surface area contributed by atoms with Gasteiger partial charge >= 0.3 is 12.1 Å². The second kappa shape index (κ2) is 6.43. The van der Waals surface area contributed by atoms with E-state index < -0.39 is 17.6 Å². The maximum atomic E-state index is 12.6. The van der Waals surface area contributed by atoms with Crippen molar-refractivity contribution in [3.05, 3.63) is 35.9 Å². The van der Waals surface area contributed by atoms with Crippen LogP contribution in [0.15, 0.2) is 30.3 Å². The van der Waals surface area contributed by atoms with Gasteiger partial charge in [0.15, 0.2) is 5.54 Å². The predicted octanol–water partition coefficient (Wildman–Crippen LogP) is 3.14. The van der Waals surface area contributed by atoms with E-state index in [-0.39, 0.29) is 17.9 Å². The van der Waals surface area contributed by atoms with Crippen LogP contribution < -0.4 is 0 Å². The molecule has 1 aromatic carbocycles. The Morgan fingerprint density at radius 1 is 1.35 bits per heavy atom. The fraction of sp³-hybridized carbons (Fsp3) is 0.529. The maximum Gasteiger partial charge on any atom is 0.411 e. The number of hydrogen-bond acceptors (Lipinski definition) is 4. The predicted molar refractivity (Wildman–Crippen MR) is 88.4 cm³/mol. The molecule has 1 heterocycles. The Labute approximate surface area is 140 Å². The van der Waals surface area contributed by atoms with Crippen LogP contribution in [0, 0.1) is 0 Å². The van der Waals surface area contributed by atoms with Crippen molar-refractivity contribution >= 4 is 23.8 Å². The topological polar surface area (TPSA) is 66.8 Å². The van der Waals surface area contributed by atoms with Gasteiger partial charge in [0.25, 0.3) is 0 Å². The zero-order chi connectivity index (χ0) is 16.4. The second-order valence-electron chi connectivity index (χ2n) is 6.30. The van der Waals surface area contributed by atoms with Gasteiger partial charge < -0.3 is 9.84 Å². The van der Waals surface area contributed by atoms with E-state index in [2.05, 4.69) is 0 Å². The number of rotatable bonds is 5. The summed E-state index contributed by atoms with van der Waals surface area (Å²) in [5.41, 5.74) is -0.228. The molecule has 1 saturated heterocycles. The first-order valence-corrected chi connectivity index (χ1v) is 8.93.